The number of aromatic nitrogens is 2. The highest BCUT2D eigenvalue weighted by Gasteiger charge is 2.33. The SMILES string of the molecule is Cc1cc(-c2cccc(C(C)(C)C)n2)cc(C(F)(F)F)n1. The van der Waals surface area contributed by atoms with Crippen LogP contribution in [-0.4, -0.2) is 9.97 Å². The molecular weight excluding hydrogens is 277 g/mol. The lowest BCUT2D eigenvalue weighted by Gasteiger charge is -2.18. The quantitative estimate of drug-likeness (QED) is 0.757. The van der Waals surface area contributed by atoms with Gasteiger partial charge in [0.1, 0.15) is 5.69 Å². The molecule has 2 aromatic heterocycles. The Kier molecular flexibility index (Phi) is 3.78. The average Bonchev–Trinajstić information content (AvgIpc) is 2.36. The molecule has 0 bridgehead atoms. The maximum absolute atomic E-state index is 12.8. The predicted molar refractivity (Wildman–Crippen MR) is 75.9 cm³/mol. The van der Waals surface area contributed by atoms with E-state index in [4.69, 9.17) is 0 Å². The van der Waals surface area contributed by atoms with E-state index in [1.807, 2.05) is 32.9 Å². The van der Waals surface area contributed by atoms with Gasteiger partial charge in [-0.25, -0.2) is 4.98 Å². The first-order valence-electron chi connectivity index (χ1n) is 6.61. The van der Waals surface area contributed by atoms with E-state index >= 15 is 0 Å². The van der Waals surface area contributed by atoms with E-state index < -0.39 is 11.9 Å². The van der Waals surface area contributed by atoms with Crippen LogP contribution in [0.5, 0.6) is 0 Å². The molecule has 112 valence electrons. The van der Waals surface area contributed by atoms with Gasteiger partial charge in [-0.2, -0.15) is 13.2 Å². The molecule has 0 aliphatic rings. The molecule has 0 N–H and O–H groups in total. The maximum atomic E-state index is 12.8. The minimum atomic E-state index is -4.46. The van der Waals surface area contributed by atoms with Gasteiger partial charge in [0.2, 0.25) is 0 Å². The highest BCUT2D eigenvalue weighted by molar-refractivity contribution is 5.60. The first kappa shape index (κ1) is 15.5. The molecular formula is C16H17F3N2. The zero-order valence-corrected chi connectivity index (χ0v) is 12.4. The molecule has 0 saturated carbocycles. The van der Waals surface area contributed by atoms with Gasteiger partial charge in [0, 0.05) is 22.4 Å². The molecule has 2 rings (SSSR count). The standard InChI is InChI=1S/C16H17F3N2/c1-10-8-11(9-14(20-10)16(17,18)19)12-6-5-7-13(21-12)15(2,3)4/h5-9H,1-4H3. The molecule has 0 spiro atoms. The molecule has 2 nitrogen and oxygen atoms in total. The van der Waals surface area contributed by atoms with Gasteiger partial charge >= 0.3 is 6.18 Å². The lowest BCUT2D eigenvalue weighted by atomic mass is 9.91. The van der Waals surface area contributed by atoms with Crippen molar-refractivity contribution in [3.63, 3.8) is 0 Å². The number of aryl methyl sites for hydroxylation is 1. The highest BCUT2D eigenvalue weighted by Crippen LogP contribution is 2.31. The van der Waals surface area contributed by atoms with E-state index in [9.17, 15) is 13.2 Å². The van der Waals surface area contributed by atoms with E-state index in [1.165, 1.54) is 0 Å². The first-order chi connectivity index (χ1) is 9.57. The van der Waals surface area contributed by atoms with Crippen molar-refractivity contribution in [2.45, 2.75) is 39.3 Å². The van der Waals surface area contributed by atoms with Gasteiger partial charge in [-0.15, -0.1) is 0 Å². The Balaban J connectivity index is 2.55. The van der Waals surface area contributed by atoms with Crippen LogP contribution in [0.1, 0.15) is 37.9 Å². The Bertz CT molecular complexity index is 655. The minimum absolute atomic E-state index is 0.162. The lowest BCUT2D eigenvalue weighted by Crippen LogP contribution is -2.13. The summed E-state index contributed by atoms with van der Waals surface area (Å²) in [4.78, 5) is 8.03. The number of halogens is 3. The zero-order chi connectivity index (χ0) is 15.8. The van der Waals surface area contributed by atoms with Crippen LogP contribution in [-0.2, 0) is 11.6 Å². The molecule has 0 aliphatic carbocycles. The summed E-state index contributed by atoms with van der Waals surface area (Å²) in [7, 11) is 0. The van der Waals surface area contributed by atoms with Gasteiger partial charge in [0.15, 0.2) is 0 Å². The van der Waals surface area contributed by atoms with Crippen molar-refractivity contribution in [2.24, 2.45) is 0 Å². The van der Waals surface area contributed by atoms with Gasteiger partial charge in [-0.1, -0.05) is 26.8 Å². The zero-order valence-electron chi connectivity index (χ0n) is 12.4. The molecule has 0 aliphatic heterocycles. The lowest BCUT2D eigenvalue weighted by molar-refractivity contribution is -0.141. The summed E-state index contributed by atoms with van der Waals surface area (Å²) >= 11 is 0. The number of hydrogen-bond acceptors (Lipinski definition) is 2. The summed E-state index contributed by atoms with van der Waals surface area (Å²) < 4.78 is 38.5. The van der Waals surface area contributed by atoms with Gasteiger partial charge in [-0.05, 0) is 31.2 Å². The Hall–Kier alpha value is -1.91. The third-order valence-corrected chi connectivity index (χ3v) is 3.06. The summed E-state index contributed by atoms with van der Waals surface area (Å²) in [5.41, 5.74) is 1.07. The van der Waals surface area contributed by atoms with Crippen molar-refractivity contribution < 1.29 is 13.2 Å². The van der Waals surface area contributed by atoms with Crippen molar-refractivity contribution >= 4 is 0 Å². The van der Waals surface area contributed by atoms with Crippen LogP contribution in [0.15, 0.2) is 30.3 Å². The Morgan fingerprint density at radius 2 is 1.57 bits per heavy atom. The van der Waals surface area contributed by atoms with E-state index in [2.05, 4.69) is 9.97 Å². The van der Waals surface area contributed by atoms with Crippen LogP contribution in [0.2, 0.25) is 0 Å². The summed E-state index contributed by atoms with van der Waals surface area (Å²) in [5.74, 6) is 0. The molecule has 0 radical (unpaired) electrons. The van der Waals surface area contributed by atoms with Gasteiger partial charge in [0.05, 0.1) is 5.69 Å². The molecule has 5 heteroatoms. The van der Waals surface area contributed by atoms with Crippen molar-refractivity contribution in [1.29, 1.82) is 0 Å². The number of pyridine rings is 2. The molecule has 0 fully saturated rings. The number of nitrogens with zero attached hydrogens (tertiary/aromatic N) is 2. The minimum Gasteiger partial charge on any atom is -0.252 e. The third-order valence-electron chi connectivity index (χ3n) is 3.06. The van der Waals surface area contributed by atoms with Gasteiger partial charge < -0.3 is 0 Å². The molecule has 0 amide bonds. The van der Waals surface area contributed by atoms with Crippen LogP contribution in [0.4, 0.5) is 13.2 Å². The molecule has 0 aromatic carbocycles. The van der Waals surface area contributed by atoms with Crippen LogP contribution in [0.25, 0.3) is 11.3 Å². The van der Waals surface area contributed by atoms with E-state index in [1.54, 1.807) is 19.1 Å². The summed E-state index contributed by atoms with van der Waals surface area (Å²) in [6, 6.07) is 8.06. The third kappa shape index (κ3) is 3.60. The van der Waals surface area contributed by atoms with Crippen molar-refractivity contribution in [3.05, 3.63) is 47.4 Å². The number of alkyl halides is 3. The molecule has 2 heterocycles. The molecule has 2 aromatic rings. The summed E-state index contributed by atoms with van der Waals surface area (Å²) in [6.07, 6.45) is -4.46. The normalized spacial score (nSPS) is 12.5. The Labute approximate surface area is 122 Å². The molecule has 0 saturated heterocycles. The van der Waals surface area contributed by atoms with E-state index in [0.29, 0.717) is 17.0 Å². The fourth-order valence-electron chi connectivity index (χ4n) is 1.97. The van der Waals surface area contributed by atoms with E-state index in [-0.39, 0.29) is 5.41 Å². The maximum Gasteiger partial charge on any atom is 0.433 e. The smallest absolute Gasteiger partial charge is 0.252 e. The predicted octanol–water partition coefficient (Wildman–Crippen LogP) is 4.77. The second kappa shape index (κ2) is 5.13. The van der Waals surface area contributed by atoms with Crippen LogP contribution in [0.3, 0.4) is 0 Å². The Morgan fingerprint density at radius 3 is 2.14 bits per heavy atom. The second-order valence-corrected chi connectivity index (χ2v) is 6.04. The fraction of sp³-hybridized carbons (Fsp3) is 0.375. The molecule has 0 unspecified atom stereocenters. The van der Waals surface area contributed by atoms with Crippen LogP contribution in [0, 0.1) is 6.92 Å². The van der Waals surface area contributed by atoms with Gasteiger partial charge in [0.25, 0.3) is 0 Å². The van der Waals surface area contributed by atoms with Crippen molar-refractivity contribution in [1.82, 2.24) is 9.97 Å². The summed E-state index contributed by atoms with van der Waals surface area (Å²) in [6.45, 7) is 7.58. The molecule has 21 heavy (non-hydrogen) atoms. The van der Waals surface area contributed by atoms with E-state index in [0.717, 1.165) is 11.8 Å². The monoisotopic (exact) mass is 294 g/mol. The summed E-state index contributed by atoms with van der Waals surface area (Å²) in [5, 5.41) is 0. The van der Waals surface area contributed by atoms with Crippen LogP contribution >= 0.6 is 0 Å². The second-order valence-electron chi connectivity index (χ2n) is 6.04. The number of hydrogen-bond donors (Lipinski definition) is 0. The Morgan fingerprint density at radius 1 is 0.905 bits per heavy atom. The van der Waals surface area contributed by atoms with Crippen molar-refractivity contribution in [3.8, 4) is 11.3 Å². The van der Waals surface area contributed by atoms with Gasteiger partial charge in [-0.3, -0.25) is 4.98 Å². The van der Waals surface area contributed by atoms with Crippen LogP contribution < -0.4 is 0 Å². The first-order valence-corrected chi connectivity index (χ1v) is 6.61. The van der Waals surface area contributed by atoms with Crippen molar-refractivity contribution in [2.75, 3.05) is 0 Å². The highest BCUT2D eigenvalue weighted by atomic mass is 19.4. The average molecular weight is 294 g/mol. The molecule has 0 atom stereocenters. The fourth-order valence-corrected chi connectivity index (χ4v) is 1.97. The topological polar surface area (TPSA) is 25.8 Å². The number of rotatable bonds is 1. The largest absolute Gasteiger partial charge is 0.433 e.